The van der Waals surface area contributed by atoms with Crippen LogP contribution in [0.4, 0.5) is 18.0 Å². The van der Waals surface area contributed by atoms with Gasteiger partial charge in [0.15, 0.2) is 5.96 Å². The molecule has 0 atom stereocenters. The van der Waals surface area contributed by atoms with E-state index in [1.807, 2.05) is 6.92 Å². The topological polar surface area (TPSA) is 78.0 Å². The first-order valence-corrected chi connectivity index (χ1v) is 8.92. The van der Waals surface area contributed by atoms with Gasteiger partial charge in [-0.2, -0.15) is 13.2 Å². The second-order valence-electron chi connectivity index (χ2n) is 7.99. The Hall–Kier alpha value is -1.71. The summed E-state index contributed by atoms with van der Waals surface area (Å²) >= 11 is 0. The van der Waals surface area contributed by atoms with Crippen LogP contribution in [0.2, 0.25) is 0 Å². The lowest BCUT2D eigenvalue weighted by Gasteiger charge is -2.27. The highest BCUT2D eigenvalue weighted by Gasteiger charge is 2.29. The molecule has 160 valence electrons. The molecule has 7 nitrogen and oxygen atoms in total. The largest absolute Gasteiger partial charge is 0.444 e. The third kappa shape index (κ3) is 15.1. The van der Waals surface area contributed by atoms with Crippen molar-refractivity contribution in [3.05, 3.63) is 0 Å². The number of hydrogen-bond donors (Lipinski definition) is 3. The first-order valence-electron chi connectivity index (χ1n) is 8.92. The van der Waals surface area contributed by atoms with Crippen LogP contribution in [0.5, 0.6) is 0 Å². The Balaban J connectivity index is 4.58. The summed E-state index contributed by atoms with van der Waals surface area (Å²) < 4.78 is 42.2. The Kier molecular flexibility index (Phi) is 9.91. The van der Waals surface area contributed by atoms with Crippen molar-refractivity contribution >= 4 is 12.1 Å². The lowest BCUT2D eigenvalue weighted by atomic mass is 10.1. The highest BCUT2D eigenvalue weighted by Crippen LogP contribution is 2.15. The van der Waals surface area contributed by atoms with Crippen LogP contribution in [-0.4, -0.2) is 74.0 Å². The minimum Gasteiger partial charge on any atom is -0.444 e. The Morgan fingerprint density at radius 1 is 1.11 bits per heavy atom. The minimum absolute atomic E-state index is 0.212. The van der Waals surface area contributed by atoms with Crippen LogP contribution in [0.15, 0.2) is 4.99 Å². The summed E-state index contributed by atoms with van der Waals surface area (Å²) in [6.07, 6.45) is -4.75. The highest BCUT2D eigenvalue weighted by molar-refractivity contribution is 5.79. The molecule has 0 saturated heterocycles. The number of guanidine groups is 1. The van der Waals surface area contributed by atoms with E-state index in [9.17, 15) is 18.0 Å². The number of carbonyl (C=O) groups is 1. The lowest BCUT2D eigenvalue weighted by Crippen LogP contribution is -2.49. The molecular formula is C17H34F3N5O2. The number of nitrogens with one attached hydrogen (secondary N) is 3. The van der Waals surface area contributed by atoms with E-state index in [4.69, 9.17) is 4.74 Å². The summed E-state index contributed by atoms with van der Waals surface area (Å²) in [6.45, 7) is 11.3. The number of ether oxygens (including phenoxy) is 1. The molecule has 10 heteroatoms. The van der Waals surface area contributed by atoms with Gasteiger partial charge in [0.05, 0.1) is 18.6 Å². The molecule has 1 amide bonds. The average molecular weight is 397 g/mol. The van der Waals surface area contributed by atoms with Crippen LogP contribution in [0.25, 0.3) is 0 Å². The second-order valence-corrected chi connectivity index (χ2v) is 7.99. The van der Waals surface area contributed by atoms with Gasteiger partial charge in [-0.15, -0.1) is 0 Å². The van der Waals surface area contributed by atoms with E-state index in [2.05, 4.69) is 20.9 Å². The van der Waals surface area contributed by atoms with Gasteiger partial charge in [-0.25, -0.2) is 4.79 Å². The van der Waals surface area contributed by atoms with Crippen molar-refractivity contribution in [3.8, 4) is 0 Å². The Bertz CT molecular complexity index is 488. The van der Waals surface area contributed by atoms with Crippen LogP contribution in [-0.2, 0) is 4.74 Å². The van der Waals surface area contributed by atoms with Gasteiger partial charge < -0.3 is 20.7 Å². The molecule has 0 aromatic rings. The molecule has 0 aromatic carbocycles. The molecule has 0 unspecified atom stereocenters. The SMILES string of the molecule is CCNC(=NCC(C)(C)NC(=O)OC(C)(C)C)NCCN(C)CC(F)(F)F. The van der Waals surface area contributed by atoms with Crippen molar-refractivity contribution in [1.29, 1.82) is 0 Å². The maximum atomic E-state index is 12.3. The molecule has 0 aromatic heterocycles. The molecule has 0 spiro atoms. The molecule has 0 bridgehead atoms. The summed E-state index contributed by atoms with van der Waals surface area (Å²) in [4.78, 5) is 17.5. The van der Waals surface area contributed by atoms with Gasteiger partial charge in [-0.1, -0.05) is 0 Å². The number of amides is 1. The fourth-order valence-corrected chi connectivity index (χ4v) is 1.99. The van der Waals surface area contributed by atoms with E-state index in [0.717, 1.165) is 0 Å². The van der Waals surface area contributed by atoms with E-state index in [1.54, 1.807) is 34.6 Å². The highest BCUT2D eigenvalue weighted by atomic mass is 19.4. The van der Waals surface area contributed by atoms with Gasteiger partial charge in [0.2, 0.25) is 0 Å². The van der Waals surface area contributed by atoms with E-state index in [-0.39, 0.29) is 13.1 Å². The number of alkyl halides is 3. The molecule has 0 aliphatic rings. The zero-order chi connectivity index (χ0) is 21.3. The molecule has 0 heterocycles. The van der Waals surface area contributed by atoms with Gasteiger partial charge in [-0.3, -0.25) is 9.89 Å². The first kappa shape index (κ1) is 25.3. The van der Waals surface area contributed by atoms with E-state index >= 15 is 0 Å². The molecule has 0 aliphatic carbocycles. The number of alkyl carbamates (subject to hydrolysis) is 1. The van der Waals surface area contributed by atoms with Gasteiger partial charge in [0.25, 0.3) is 0 Å². The van der Waals surface area contributed by atoms with Gasteiger partial charge in [0.1, 0.15) is 5.60 Å². The van der Waals surface area contributed by atoms with Crippen molar-refractivity contribution in [3.63, 3.8) is 0 Å². The van der Waals surface area contributed by atoms with Crippen molar-refractivity contribution in [2.24, 2.45) is 4.99 Å². The summed E-state index contributed by atoms with van der Waals surface area (Å²) in [6, 6.07) is 0. The fourth-order valence-electron chi connectivity index (χ4n) is 1.99. The monoisotopic (exact) mass is 397 g/mol. The van der Waals surface area contributed by atoms with Crippen LogP contribution >= 0.6 is 0 Å². The van der Waals surface area contributed by atoms with Gasteiger partial charge in [0, 0.05) is 19.6 Å². The number of aliphatic imine (C=N–C) groups is 1. The van der Waals surface area contributed by atoms with Crippen LogP contribution in [0.1, 0.15) is 41.5 Å². The Labute approximate surface area is 160 Å². The Morgan fingerprint density at radius 2 is 1.70 bits per heavy atom. The fraction of sp³-hybridized carbons (Fsp3) is 0.882. The van der Waals surface area contributed by atoms with Crippen molar-refractivity contribution in [2.75, 3.05) is 39.8 Å². The molecule has 27 heavy (non-hydrogen) atoms. The number of carbonyl (C=O) groups excluding carboxylic acids is 1. The molecule has 0 saturated carbocycles. The number of rotatable bonds is 8. The molecule has 0 radical (unpaired) electrons. The van der Waals surface area contributed by atoms with Gasteiger partial charge in [-0.05, 0) is 48.6 Å². The number of nitrogens with zero attached hydrogens (tertiary/aromatic N) is 2. The first-order chi connectivity index (χ1) is 12.1. The Morgan fingerprint density at radius 3 is 2.19 bits per heavy atom. The maximum absolute atomic E-state index is 12.3. The smallest absolute Gasteiger partial charge is 0.408 e. The standard InChI is InChI=1S/C17H34F3N5O2/c1-8-21-13(22-9-10-25(7)12-17(18,19)20)23-11-16(5,6)24-14(26)27-15(2,3)4/h8-12H2,1-7H3,(H,24,26)(H2,21,22,23). The van der Waals surface area contributed by atoms with E-state index in [1.165, 1.54) is 11.9 Å². The van der Waals surface area contributed by atoms with E-state index in [0.29, 0.717) is 19.0 Å². The van der Waals surface area contributed by atoms with E-state index < -0.39 is 30.0 Å². The maximum Gasteiger partial charge on any atom is 0.408 e. The molecule has 3 N–H and O–H groups in total. The average Bonchev–Trinajstić information content (AvgIpc) is 2.39. The van der Waals surface area contributed by atoms with Crippen molar-refractivity contribution < 1.29 is 22.7 Å². The quantitative estimate of drug-likeness (QED) is 0.433. The molecule has 0 fully saturated rings. The number of halogens is 3. The van der Waals surface area contributed by atoms with Crippen LogP contribution < -0.4 is 16.0 Å². The summed E-state index contributed by atoms with van der Waals surface area (Å²) in [5.74, 6) is 0.469. The normalized spacial score (nSPS) is 13.5. The van der Waals surface area contributed by atoms with Gasteiger partial charge >= 0.3 is 12.3 Å². The predicted octanol–water partition coefficient (Wildman–Crippen LogP) is 2.34. The molecule has 0 aliphatic heterocycles. The summed E-state index contributed by atoms with van der Waals surface area (Å²) in [5, 5.41) is 8.76. The zero-order valence-corrected chi connectivity index (χ0v) is 17.4. The molecule has 0 rings (SSSR count). The third-order valence-electron chi connectivity index (χ3n) is 3.05. The number of likely N-dealkylation sites (N-methyl/N-ethyl adjacent to an activating group) is 1. The third-order valence-corrected chi connectivity index (χ3v) is 3.05. The molecular weight excluding hydrogens is 363 g/mol. The predicted molar refractivity (Wildman–Crippen MR) is 101 cm³/mol. The zero-order valence-electron chi connectivity index (χ0n) is 17.4. The number of hydrogen-bond acceptors (Lipinski definition) is 4. The van der Waals surface area contributed by atoms with Crippen LogP contribution in [0, 0.1) is 0 Å². The lowest BCUT2D eigenvalue weighted by molar-refractivity contribution is -0.142. The minimum atomic E-state index is -4.22. The van der Waals surface area contributed by atoms with Crippen molar-refractivity contribution in [2.45, 2.75) is 58.9 Å². The van der Waals surface area contributed by atoms with Crippen LogP contribution in [0.3, 0.4) is 0 Å². The van der Waals surface area contributed by atoms with Crippen molar-refractivity contribution in [1.82, 2.24) is 20.9 Å². The summed E-state index contributed by atoms with van der Waals surface area (Å²) in [5.41, 5.74) is -1.25. The second kappa shape index (κ2) is 10.6. The summed E-state index contributed by atoms with van der Waals surface area (Å²) in [7, 11) is 1.41.